The van der Waals surface area contributed by atoms with Gasteiger partial charge in [0.05, 0.1) is 5.56 Å². The molecule has 43 heavy (non-hydrogen) atoms. The molecule has 0 bridgehead atoms. The molecule has 3 aromatic rings. The van der Waals surface area contributed by atoms with Crippen molar-refractivity contribution in [1.82, 2.24) is 16.0 Å². The zero-order valence-corrected chi connectivity index (χ0v) is 23.6. The van der Waals surface area contributed by atoms with Gasteiger partial charge in [0.25, 0.3) is 0 Å². The Labute approximate surface area is 247 Å². The van der Waals surface area contributed by atoms with Crippen LogP contribution in [0.1, 0.15) is 42.0 Å². The third kappa shape index (κ3) is 10.9. The molecule has 3 amide bonds. The molecule has 0 fully saturated rings. The van der Waals surface area contributed by atoms with Gasteiger partial charge in [-0.25, -0.2) is 0 Å². The van der Waals surface area contributed by atoms with Crippen LogP contribution in [0.25, 0.3) is 0 Å². The van der Waals surface area contributed by atoms with E-state index in [1.54, 1.807) is 30.3 Å². The van der Waals surface area contributed by atoms with Gasteiger partial charge in [-0.2, -0.15) is 13.2 Å². The zero-order valence-electron chi connectivity index (χ0n) is 23.6. The molecule has 0 aliphatic heterocycles. The van der Waals surface area contributed by atoms with Crippen LogP contribution < -0.4 is 16.0 Å². The van der Waals surface area contributed by atoms with Crippen LogP contribution in [-0.2, 0) is 44.6 Å². The SMILES string of the molecule is C[C@H](NC(=O)[C@@H](Cc1ccccc1)NC(=O)[C@H](Cc1ccc(C(F)(F)F)cc1)NC(=O)CCCc1ccccc1)C(=O)O. The van der Waals surface area contributed by atoms with Crippen LogP contribution in [0.3, 0.4) is 0 Å². The van der Waals surface area contributed by atoms with Crippen LogP contribution in [0.4, 0.5) is 13.2 Å². The van der Waals surface area contributed by atoms with Gasteiger partial charge in [0.2, 0.25) is 17.7 Å². The Morgan fingerprint density at radius 1 is 0.698 bits per heavy atom. The minimum Gasteiger partial charge on any atom is -0.480 e. The number of carbonyl (C=O) groups excluding carboxylic acids is 3. The molecule has 4 N–H and O–H groups in total. The lowest BCUT2D eigenvalue weighted by molar-refractivity contribution is -0.141. The van der Waals surface area contributed by atoms with Gasteiger partial charge in [-0.15, -0.1) is 0 Å². The molecule has 0 saturated carbocycles. The monoisotopic (exact) mass is 597 g/mol. The van der Waals surface area contributed by atoms with Gasteiger partial charge in [0.1, 0.15) is 18.1 Å². The summed E-state index contributed by atoms with van der Waals surface area (Å²) in [5.74, 6) is -3.18. The van der Waals surface area contributed by atoms with Gasteiger partial charge in [-0.3, -0.25) is 19.2 Å². The second-order valence-electron chi connectivity index (χ2n) is 10.2. The molecule has 0 saturated heterocycles. The minimum atomic E-state index is -4.53. The Morgan fingerprint density at radius 2 is 1.19 bits per heavy atom. The summed E-state index contributed by atoms with van der Waals surface area (Å²) in [7, 11) is 0. The van der Waals surface area contributed by atoms with E-state index >= 15 is 0 Å². The fourth-order valence-electron chi connectivity index (χ4n) is 4.35. The number of aliphatic carboxylic acids is 1. The van der Waals surface area contributed by atoms with Crippen molar-refractivity contribution >= 4 is 23.7 Å². The molecule has 0 aliphatic rings. The summed E-state index contributed by atoms with van der Waals surface area (Å²) in [4.78, 5) is 50.7. The van der Waals surface area contributed by atoms with Gasteiger partial charge in [-0.05, 0) is 48.6 Å². The number of carboxylic acids is 1. The molecule has 3 aromatic carbocycles. The first-order valence-electron chi connectivity index (χ1n) is 13.8. The average Bonchev–Trinajstić information content (AvgIpc) is 2.97. The lowest BCUT2D eigenvalue weighted by atomic mass is 10.0. The number of rotatable bonds is 14. The van der Waals surface area contributed by atoms with Gasteiger partial charge >= 0.3 is 12.1 Å². The molecule has 0 aliphatic carbocycles. The first-order valence-corrected chi connectivity index (χ1v) is 13.8. The van der Waals surface area contributed by atoms with Crippen molar-refractivity contribution in [3.05, 3.63) is 107 Å². The quantitative estimate of drug-likeness (QED) is 0.223. The third-order valence-electron chi connectivity index (χ3n) is 6.73. The van der Waals surface area contributed by atoms with Crippen molar-refractivity contribution in [3.8, 4) is 0 Å². The summed E-state index contributed by atoms with van der Waals surface area (Å²) in [6, 6.07) is 18.9. The van der Waals surface area contributed by atoms with Crippen molar-refractivity contribution < 1.29 is 37.5 Å². The van der Waals surface area contributed by atoms with Crippen LogP contribution in [0.2, 0.25) is 0 Å². The maximum Gasteiger partial charge on any atom is 0.416 e. The first-order chi connectivity index (χ1) is 20.4. The first kappa shape index (κ1) is 32.8. The number of benzene rings is 3. The third-order valence-corrected chi connectivity index (χ3v) is 6.73. The fourth-order valence-corrected chi connectivity index (χ4v) is 4.35. The number of halogens is 3. The smallest absolute Gasteiger partial charge is 0.416 e. The van der Waals surface area contributed by atoms with Crippen molar-refractivity contribution in [2.45, 2.75) is 63.3 Å². The Morgan fingerprint density at radius 3 is 1.72 bits per heavy atom. The number of nitrogens with one attached hydrogen (secondary N) is 3. The van der Waals surface area contributed by atoms with E-state index in [1.165, 1.54) is 19.1 Å². The predicted molar refractivity (Wildman–Crippen MR) is 154 cm³/mol. The van der Waals surface area contributed by atoms with Gasteiger partial charge < -0.3 is 21.1 Å². The molecule has 8 nitrogen and oxygen atoms in total. The highest BCUT2D eigenvalue weighted by atomic mass is 19.4. The number of hydrogen-bond donors (Lipinski definition) is 4. The Bertz CT molecular complexity index is 1370. The highest BCUT2D eigenvalue weighted by molar-refractivity contribution is 5.93. The second-order valence-corrected chi connectivity index (χ2v) is 10.2. The largest absolute Gasteiger partial charge is 0.480 e. The summed E-state index contributed by atoms with van der Waals surface area (Å²) < 4.78 is 39.2. The molecular weight excluding hydrogens is 563 g/mol. The van der Waals surface area contributed by atoms with E-state index in [1.807, 2.05) is 30.3 Å². The molecular formula is C32H34F3N3O5. The summed E-state index contributed by atoms with van der Waals surface area (Å²) >= 11 is 0. The Kier molecular flexibility index (Phi) is 11.9. The van der Waals surface area contributed by atoms with E-state index in [0.29, 0.717) is 24.0 Å². The minimum absolute atomic E-state index is 0.0305. The number of aryl methyl sites for hydroxylation is 1. The maximum absolute atomic E-state index is 13.5. The number of alkyl halides is 3. The molecule has 0 radical (unpaired) electrons. The van der Waals surface area contributed by atoms with Crippen molar-refractivity contribution in [1.29, 1.82) is 0 Å². The molecule has 11 heteroatoms. The molecule has 228 valence electrons. The topological polar surface area (TPSA) is 125 Å². The highest BCUT2D eigenvalue weighted by Gasteiger charge is 2.31. The van der Waals surface area contributed by atoms with E-state index in [2.05, 4.69) is 16.0 Å². The van der Waals surface area contributed by atoms with Crippen molar-refractivity contribution in [2.75, 3.05) is 0 Å². The van der Waals surface area contributed by atoms with E-state index in [9.17, 15) is 37.5 Å². The number of hydrogen-bond acceptors (Lipinski definition) is 4. The van der Waals surface area contributed by atoms with Crippen LogP contribution in [0, 0.1) is 0 Å². The molecule has 0 spiro atoms. The molecule has 0 unspecified atom stereocenters. The van der Waals surface area contributed by atoms with Crippen LogP contribution in [-0.4, -0.2) is 46.9 Å². The van der Waals surface area contributed by atoms with Gasteiger partial charge in [0, 0.05) is 19.3 Å². The maximum atomic E-state index is 13.5. The summed E-state index contributed by atoms with van der Waals surface area (Å²) in [5, 5.41) is 16.9. The van der Waals surface area contributed by atoms with Gasteiger partial charge in [0.15, 0.2) is 0 Å². The van der Waals surface area contributed by atoms with E-state index < -0.39 is 53.6 Å². The summed E-state index contributed by atoms with van der Waals surface area (Å²) in [6.07, 6.45) is -3.42. The predicted octanol–water partition coefficient (Wildman–Crippen LogP) is 4.07. The Hall–Kier alpha value is -4.67. The van der Waals surface area contributed by atoms with Crippen LogP contribution in [0.15, 0.2) is 84.9 Å². The molecule has 0 heterocycles. The van der Waals surface area contributed by atoms with Gasteiger partial charge in [-0.1, -0.05) is 72.8 Å². The average molecular weight is 598 g/mol. The zero-order chi connectivity index (χ0) is 31.4. The van der Waals surface area contributed by atoms with E-state index in [4.69, 9.17) is 0 Å². The lowest BCUT2D eigenvalue weighted by Gasteiger charge is -2.24. The molecule has 3 atom stereocenters. The number of carboxylic acid groups (broad SMARTS) is 1. The van der Waals surface area contributed by atoms with Crippen LogP contribution >= 0.6 is 0 Å². The Balaban J connectivity index is 1.78. The summed E-state index contributed by atoms with van der Waals surface area (Å²) in [5.41, 5.74) is 1.24. The van der Waals surface area contributed by atoms with Crippen molar-refractivity contribution in [3.63, 3.8) is 0 Å². The number of carbonyl (C=O) groups is 4. The lowest BCUT2D eigenvalue weighted by Crippen LogP contribution is -2.56. The van der Waals surface area contributed by atoms with Crippen molar-refractivity contribution in [2.24, 2.45) is 0 Å². The second kappa shape index (κ2) is 15.5. The normalized spacial score (nSPS) is 13.3. The van der Waals surface area contributed by atoms with E-state index in [-0.39, 0.29) is 19.3 Å². The standard InChI is InChI=1S/C32H34F3N3O5/c1-21(31(42)43)36-29(40)27(19-23-11-6-3-7-12-23)38-30(41)26(20-24-15-17-25(18-16-24)32(33,34)35)37-28(39)14-8-13-22-9-4-2-5-10-22/h2-7,9-12,15-18,21,26-27H,8,13-14,19-20H2,1H3,(H,36,40)(H,37,39)(H,38,41)(H,42,43)/t21-,26-,27+/m0/s1. The van der Waals surface area contributed by atoms with Crippen LogP contribution in [0.5, 0.6) is 0 Å². The fraction of sp³-hybridized carbons (Fsp3) is 0.312. The van der Waals surface area contributed by atoms with E-state index in [0.717, 1.165) is 17.7 Å². The molecule has 3 rings (SSSR count). The molecule has 0 aromatic heterocycles. The number of amides is 3. The highest BCUT2D eigenvalue weighted by Crippen LogP contribution is 2.29. The summed E-state index contributed by atoms with van der Waals surface area (Å²) in [6.45, 7) is 1.28.